The number of aliphatic hydroxyl groups is 1. The van der Waals surface area contributed by atoms with Gasteiger partial charge in [0.25, 0.3) is 0 Å². The van der Waals surface area contributed by atoms with Crippen LogP contribution in [0, 0.1) is 6.92 Å². The van der Waals surface area contributed by atoms with Gasteiger partial charge in [0.05, 0.1) is 22.5 Å². The van der Waals surface area contributed by atoms with Crippen LogP contribution in [-0.2, 0) is 13.1 Å². The highest BCUT2D eigenvalue weighted by Gasteiger charge is 2.10. The Bertz CT molecular complexity index is 298. The van der Waals surface area contributed by atoms with Crippen molar-refractivity contribution in [2.24, 2.45) is 0 Å². The van der Waals surface area contributed by atoms with E-state index < -0.39 is 0 Å². The van der Waals surface area contributed by atoms with Crippen LogP contribution in [0.15, 0.2) is 4.47 Å². The van der Waals surface area contributed by atoms with Crippen molar-refractivity contribution in [2.75, 3.05) is 13.2 Å². The number of rotatable bonds is 5. The van der Waals surface area contributed by atoms with Crippen LogP contribution in [0.25, 0.3) is 0 Å². The van der Waals surface area contributed by atoms with Crippen molar-refractivity contribution in [1.29, 1.82) is 0 Å². The Morgan fingerprint density at radius 1 is 1.57 bits per heavy atom. The highest BCUT2D eigenvalue weighted by molar-refractivity contribution is 9.10. The second kappa shape index (κ2) is 5.48. The maximum Gasteiger partial charge on any atom is 0.0739 e. The summed E-state index contributed by atoms with van der Waals surface area (Å²) in [6.07, 6.45) is 0. The summed E-state index contributed by atoms with van der Waals surface area (Å²) >= 11 is 3.51. The molecule has 5 heteroatoms. The summed E-state index contributed by atoms with van der Waals surface area (Å²) in [6.45, 7) is 6.41. The van der Waals surface area contributed by atoms with Gasteiger partial charge in [-0.25, -0.2) is 0 Å². The molecular formula is C9H16BrN3O. The lowest BCUT2D eigenvalue weighted by molar-refractivity contribution is 0.291. The van der Waals surface area contributed by atoms with E-state index in [1.165, 1.54) is 0 Å². The van der Waals surface area contributed by atoms with Crippen LogP contribution in [0.5, 0.6) is 0 Å². The van der Waals surface area contributed by atoms with Gasteiger partial charge in [0.2, 0.25) is 0 Å². The molecule has 0 aliphatic rings. The smallest absolute Gasteiger partial charge is 0.0739 e. The van der Waals surface area contributed by atoms with Crippen LogP contribution in [0.2, 0.25) is 0 Å². The molecule has 0 aliphatic heterocycles. The summed E-state index contributed by atoms with van der Waals surface area (Å²) in [6, 6.07) is 0. The lowest BCUT2D eigenvalue weighted by Gasteiger charge is -2.05. The van der Waals surface area contributed by atoms with Gasteiger partial charge >= 0.3 is 0 Å². The molecule has 0 amide bonds. The van der Waals surface area contributed by atoms with Gasteiger partial charge in [-0.15, -0.1) is 0 Å². The molecule has 1 heterocycles. The van der Waals surface area contributed by atoms with E-state index in [2.05, 4.69) is 33.3 Å². The van der Waals surface area contributed by atoms with E-state index in [4.69, 9.17) is 5.11 Å². The van der Waals surface area contributed by atoms with Crippen LogP contribution in [0.1, 0.15) is 18.3 Å². The minimum Gasteiger partial charge on any atom is -0.395 e. The van der Waals surface area contributed by atoms with E-state index in [-0.39, 0.29) is 6.61 Å². The average molecular weight is 262 g/mol. The lowest BCUT2D eigenvalue weighted by Crippen LogP contribution is -2.20. The van der Waals surface area contributed by atoms with Gasteiger partial charge in [-0.05, 0) is 29.8 Å². The number of hydrogen-bond acceptors (Lipinski definition) is 3. The predicted octanol–water partition coefficient (Wildman–Crippen LogP) is 1.06. The molecule has 1 aromatic heterocycles. The Labute approximate surface area is 92.4 Å². The molecule has 0 saturated heterocycles. The molecule has 0 fully saturated rings. The molecule has 14 heavy (non-hydrogen) atoms. The fourth-order valence-electron chi connectivity index (χ4n) is 1.32. The SMILES string of the molecule is CCn1nc(C)c(Br)c1CNCCO. The minimum absolute atomic E-state index is 0.164. The van der Waals surface area contributed by atoms with E-state index >= 15 is 0 Å². The number of halogens is 1. The fourth-order valence-corrected chi connectivity index (χ4v) is 1.75. The number of aliphatic hydroxyl groups excluding tert-OH is 1. The molecule has 1 rings (SSSR count). The third-order valence-corrected chi connectivity index (χ3v) is 3.07. The Morgan fingerprint density at radius 2 is 2.29 bits per heavy atom. The van der Waals surface area contributed by atoms with Crippen LogP contribution < -0.4 is 5.32 Å². The van der Waals surface area contributed by atoms with Crippen molar-refractivity contribution in [3.8, 4) is 0 Å². The summed E-state index contributed by atoms with van der Waals surface area (Å²) in [4.78, 5) is 0. The van der Waals surface area contributed by atoms with Crippen molar-refractivity contribution in [2.45, 2.75) is 26.9 Å². The van der Waals surface area contributed by atoms with Crippen LogP contribution in [0.4, 0.5) is 0 Å². The molecule has 0 unspecified atom stereocenters. The van der Waals surface area contributed by atoms with Crippen molar-refractivity contribution >= 4 is 15.9 Å². The second-order valence-corrected chi connectivity index (χ2v) is 3.86. The molecule has 1 aromatic rings. The Kier molecular flexibility index (Phi) is 4.57. The maximum atomic E-state index is 8.65. The molecule has 0 saturated carbocycles. The molecule has 0 aromatic carbocycles. The Hall–Kier alpha value is -0.390. The largest absolute Gasteiger partial charge is 0.395 e. The fraction of sp³-hybridized carbons (Fsp3) is 0.667. The molecule has 4 nitrogen and oxygen atoms in total. The highest BCUT2D eigenvalue weighted by atomic mass is 79.9. The highest BCUT2D eigenvalue weighted by Crippen LogP contribution is 2.20. The zero-order valence-electron chi connectivity index (χ0n) is 8.55. The summed E-state index contributed by atoms with van der Waals surface area (Å²) in [5.74, 6) is 0. The number of aromatic nitrogens is 2. The molecule has 0 radical (unpaired) electrons. The molecule has 0 bridgehead atoms. The average Bonchev–Trinajstić information content (AvgIpc) is 2.45. The van der Waals surface area contributed by atoms with Gasteiger partial charge in [-0.3, -0.25) is 4.68 Å². The first-order chi connectivity index (χ1) is 6.70. The van der Waals surface area contributed by atoms with E-state index in [1.54, 1.807) is 0 Å². The van der Waals surface area contributed by atoms with E-state index in [0.29, 0.717) is 6.54 Å². The van der Waals surface area contributed by atoms with Crippen LogP contribution in [0.3, 0.4) is 0 Å². The molecular weight excluding hydrogens is 246 g/mol. The number of nitrogens with zero attached hydrogens (tertiary/aromatic N) is 2. The number of aryl methyl sites for hydroxylation is 2. The third kappa shape index (κ3) is 2.56. The molecule has 80 valence electrons. The normalized spacial score (nSPS) is 10.9. The standard InChI is InChI=1S/C9H16BrN3O/c1-3-13-8(6-11-4-5-14)9(10)7(2)12-13/h11,14H,3-6H2,1-2H3. The molecule has 0 spiro atoms. The first-order valence-corrected chi connectivity index (χ1v) is 5.53. The van der Waals surface area contributed by atoms with Crippen molar-refractivity contribution < 1.29 is 5.11 Å². The Balaban J connectivity index is 2.72. The quantitative estimate of drug-likeness (QED) is 0.780. The zero-order chi connectivity index (χ0) is 10.6. The topological polar surface area (TPSA) is 50.1 Å². The molecule has 2 N–H and O–H groups in total. The Morgan fingerprint density at radius 3 is 2.86 bits per heavy atom. The van der Waals surface area contributed by atoms with Crippen LogP contribution >= 0.6 is 15.9 Å². The van der Waals surface area contributed by atoms with Gasteiger partial charge in [0, 0.05) is 19.6 Å². The third-order valence-electron chi connectivity index (χ3n) is 2.03. The maximum absolute atomic E-state index is 8.65. The summed E-state index contributed by atoms with van der Waals surface area (Å²) in [5, 5.41) is 16.2. The van der Waals surface area contributed by atoms with E-state index in [0.717, 1.165) is 29.0 Å². The monoisotopic (exact) mass is 261 g/mol. The number of nitrogens with one attached hydrogen (secondary N) is 1. The van der Waals surface area contributed by atoms with Crippen molar-refractivity contribution in [1.82, 2.24) is 15.1 Å². The predicted molar refractivity (Wildman–Crippen MR) is 59.1 cm³/mol. The van der Waals surface area contributed by atoms with Gasteiger partial charge < -0.3 is 10.4 Å². The zero-order valence-corrected chi connectivity index (χ0v) is 10.1. The number of hydrogen-bond donors (Lipinski definition) is 2. The van der Waals surface area contributed by atoms with E-state index in [9.17, 15) is 0 Å². The van der Waals surface area contributed by atoms with E-state index in [1.807, 2.05) is 11.6 Å². The van der Waals surface area contributed by atoms with Gasteiger partial charge in [0.1, 0.15) is 0 Å². The van der Waals surface area contributed by atoms with Crippen LogP contribution in [-0.4, -0.2) is 28.0 Å². The van der Waals surface area contributed by atoms with Gasteiger partial charge in [-0.2, -0.15) is 5.10 Å². The van der Waals surface area contributed by atoms with Crippen molar-refractivity contribution in [3.05, 3.63) is 15.9 Å². The summed E-state index contributed by atoms with van der Waals surface area (Å²) < 4.78 is 3.02. The van der Waals surface area contributed by atoms with Crippen molar-refractivity contribution in [3.63, 3.8) is 0 Å². The summed E-state index contributed by atoms with van der Waals surface area (Å²) in [7, 11) is 0. The lowest BCUT2D eigenvalue weighted by atomic mass is 10.3. The minimum atomic E-state index is 0.164. The summed E-state index contributed by atoms with van der Waals surface area (Å²) in [5.41, 5.74) is 2.14. The second-order valence-electron chi connectivity index (χ2n) is 3.06. The molecule has 0 atom stereocenters. The first kappa shape index (κ1) is 11.7. The van der Waals surface area contributed by atoms with Gasteiger partial charge in [0.15, 0.2) is 0 Å². The molecule has 0 aliphatic carbocycles. The van der Waals surface area contributed by atoms with Gasteiger partial charge in [-0.1, -0.05) is 0 Å². The first-order valence-electron chi connectivity index (χ1n) is 4.74.